The fraction of sp³-hybridized carbons (Fsp3) is 0.500. The van der Waals surface area contributed by atoms with Gasteiger partial charge >= 0.3 is 6.09 Å². The number of hydrogen-bond acceptors (Lipinski definition) is 7. The van der Waals surface area contributed by atoms with Crippen molar-refractivity contribution in [1.29, 1.82) is 0 Å². The first-order valence-corrected chi connectivity index (χ1v) is 10.1. The summed E-state index contributed by atoms with van der Waals surface area (Å²) in [5.41, 5.74) is 0.441. The predicted octanol–water partition coefficient (Wildman–Crippen LogP) is 3.02. The Kier molecular flexibility index (Phi) is 6.21. The second-order valence-electron chi connectivity index (χ2n) is 8.30. The van der Waals surface area contributed by atoms with E-state index in [9.17, 15) is 9.59 Å². The number of piperazine rings is 1. The number of rotatable bonds is 3. The topological polar surface area (TPSA) is 92.6 Å². The van der Waals surface area contributed by atoms with E-state index in [2.05, 4.69) is 27.2 Å². The minimum atomic E-state index is -0.510. The zero-order chi connectivity index (χ0) is 22.1. The Labute approximate surface area is 180 Å². The molecule has 1 aliphatic rings. The Hall–Kier alpha value is -2.81. The fourth-order valence-electron chi connectivity index (χ4n) is 3.26. The first kappa shape index (κ1) is 21.9. The lowest BCUT2D eigenvalue weighted by Gasteiger charge is -2.41. The van der Waals surface area contributed by atoms with Crippen LogP contribution in [0.3, 0.4) is 0 Å². The third-order valence-corrected chi connectivity index (χ3v) is 4.84. The summed E-state index contributed by atoms with van der Waals surface area (Å²) < 4.78 is 6.64. The molecule has 1 N–H and O–H groups in total. The lowest BCUT2D eigenvalue weighted by molar-refractivity contribution is 0.0219. The van der Waals surface area contributed by atoms with Gasteiger partial charge in [-0.1, -0.05) is 11.6 Å². The molecule has 0 bridgehead atoms. The fourth-order valence-corrected chi connectivity index (χ4v) is 3.49. The SMILES string of the molecule is CC1CN(C(=O)OC(C)(C)C)CCN1c1ccc(Nc2cc(Cl)nn(C)c2=O)nc1. The zero-order valence-electron chi connectivity index (χ0n) is 17.8. The quantitative estimate of drug-likeness (QED) is 0.793. The number of carbonyl (C=O) groups is 1. The van der Waals surface area contributed by atoms with E-state index in [1.54, 1.807) is 17.2 Å². The molecule has 10 heteroatoms. The van der Waals surface area contributed by atoms with Gasteiger partial charge in [-0.2, -0.15) is 5.10 Å². The first-order chi connectivity index (χ1) is 14.0. The van der Waals surface area contributed by atoms with Gasteiger partial charge < -0.3 is 19.9 Å². The van der Waals surface area contributed by atoms with Crippen molar-refractivity contribution in [2.75, 3.05) is 29.9 Å². The Morgan fingerprint density at radius 3 is 2.63 bits per heavy atom. The summed E-state index contributed by atoms with van der Waals surface area (Å²) in [4.78, 5) is 32.8. The van der Waals surface area contributed by atoms with Gasteiger partial charge in [0.15, 0.2) is 5.15 Å². The van der Waals surface area contributed by atoms with Gasteiger partial charge in [0.25, 0.3) is 5.56 Å². The third kappa shape index (κ3) is 5.21. The maximum Gasteiger partial charge on any atom is 0.410 e. The highest BCUT2D eigenvalue weighted by molar-refractivity contribution is 6.29. The molecule has 3 rings (SSSR count). The summed E-state index contributed by atoms with van der Waals surface area (Å²) in [7, 11) is 1.54. The molecule has 3 heterocycles. The molecule has 30 heavy (non-hydrogen) atoms. The highest BCUT2D eigenvalue weighted by Crippen LogP contribution is 2.23. The molecule has 1 atom stereocenters. The second kappa shape index (κ2) is 8.51. The molecule has 0 aliphatic carbocycles. The smallest absolute Gasteiger partial charge is 0.410 e. The van der Waals surface area contributed by atoms with Crippen LogP contribution in [0.25, 0.3) is 0 Å². The van der Waals surface area contributed by atoms with E-state index in [0.717, 1.165) is 5.69 Å². The van der Waals surface area contributed by atoms with Crippen LogP contribution in [0.2, 0.25) is 5.15 Å². The van der Waals surface area contributed by atoms with E-state index in [1.165, 1.54) is 17.8 Å². The molecule has 162 valence electrons. The van der Waals surface area contributed by atoms with Gasteiger partial charge in [-0.3, -0.25) is 4.79 Å². The highest BCUT2D eigenvalue weighted by Gasteiger charge is 2.30. The van der Waals surface area contributed by atoms with Gasteiger partial charge in [0.05, 0.1) is 11.9 Å². The van der Waals surface area contributed by atoms with E-state index in [-0.39, 0.29) is 22.8 Å². The number of aryl methyl sites for hydroxylation is 1. The van der Waals surface area contributed by atoms with Crippen LogP contribution in [-0.4, -0.2) is 57.0 Å². The number of carbonyl (C=O) groups excluding carboxylic acids is 1. The van der Waals surface area contributed by atoms with Crippen LogP contribution in [0.1, 0.15) is 27.7 Å². The third-order valence-electron chi connectivity index (χ3n) is 4.65. The molecule has 1 aliphatic heterocycles. The van der Waals surface area contributed by atoms with Gasteiger partial charge in [-0.15, -0.1) is 0 Å². The molecule has 1 amide bonds. The molecule has 1 saturated heterocycles. The lowest BCUT2D eigenvalue weighted by Crippen LogP contribution is -2.54. The molecular weight excluding hydrogens is 408 g/mol. The average molecular weight is 435 g/mol. The number of halogens is 1. The van der Waals surface area contributed by atoms with Crippen molar-refractivity contribution in [2.24, 2.45) is 7.05 Å². The van der Waals surface area contributed by atoms with Gasteiger partial charge in [0, 0.05) is 38.8 Å². The monoisotopic (exact) mass is 434 g/mol. The maximum absolute atomic E-state index is 12.3. The van der Waals surface area contributed by atoms with E-state index >= 15 is 0 Å². The standard InChI is InChI=1S/C20H27ClN6O3/c1-13-12-26(19(29)30-20(2,3)4)8-9-27(13)14-6-7-17(22-11-14)23-15-10-16(21)24-25(5)18(15)28/h6-7,10-11,13H,8-9,12H2,1-5H3,(H,22,23). The Morgan fingerprint density at radius 1 is 1.30 bits per heavy atom. The van der Waals surface area contributed by atoms with Crippen molar-refractivity contribution in [3.05, 3.63) is 39.9 Å². The maximum atomic E-state index is 12.3. The number of anilines is 3. The first-order valence-electron chi connectivity index (χ1n) is 9.75. The molecule has 0 aromatic carbocycles. The number of hydrogen-bond donors (Lipinski definition) is 1. The van der Waals surface area contributed by atoms with Crippen LogP contribution in [0.15, 0.2) is 29.2 Å². The number of ether oxygens (including phenoxy) is 1. The normalized spacial score (nSPS) is 17.1. The van der Waals surface area contributed by atoms with Crippen LogP contribution in [0, 0.1) is 0 Å². The van der Waals surface area contributed by atoms with Gasteiger partial charge in [-0.25, -0.2) is 14.5 Å². The van der Waals surface area contributed by atoms with Crippen LogP contribution in [0.4, 0.5) is 22.0 Å². The van der Waals surface area contributed by atoms with Crippen molar-refractivity contribution in [3.63, 3.8) is 0 Å². The summed E-state index contributed by atoms with van der Waals surface area (Å²) >= 11 is 5.93. The molecule has 1 fully saturated rings. The van der Waals surface area contributed by atoms with E-state index in [1.807, 2.05) is 26.8 Å². The van der Waals surface area contributed by atoms with Crippen LogP contribution >= 0.6 is 11.6 Å². The van der Waals surface area contributed by atoms with Crippen molar-refractivity contribution < 1.29 is 9.53 Å². The summed E-state index contributed by atoms with van der Waals surface area (Å²) in [5, 5.41) is 7.06. The predicted molar refractivity (Wildman–Crippen MR) is 117 cm³/mol. The molecule has 1 unspecified atom stereocenters. The second-order valence-corrected chi connectivity index (χ2v) is 8.69. The van der Waals surface area contributed by atoms with Crippen molar-refractivity contribution >= 4 is 34.9 Å². The summed E-state index contributed by atoms with van der Waals surface area (Å²) in [6.45, 7) is 9.47. The summed E-state index contributed by atoms with van der Waals surface area (Å²) in [6, 6.07) is 5.31. The Balaban J connectivity index is 1.66. The molecule has 9 nitrogen and oxygen atoms in total. The molecule has 0 saturated carbocycles. The number of nitrogens with one attached hydrogen (secondary N) is 1. The number of pyridine rings is 1. The number of nitrogens with zero attached hydrogens (tertiary/aromatic N) is 5. The van der Waals surface area contributed by atoms with Crippen molar-refractivity contribution in [3.8, 4) is 0 Å². The molecule has 2 aromatic heterocycles. The summed E-state index contributed by atoms with van der Waals surface area (Å²) in [5.74, 6) is 0.526. The van der Waals surface area contributed by atoms with Crippen LogP contribution < -0.4 is 15.8 Å². The minimum Gasteiger partial charge on any atom is -0.444 e. The number of aromatic nitrogens is 3. The van der Waals surface area contributed by atoms with Crippen molar-refractivity contribution in [1.82, 2.24) is 19.7 Å². The van der Waals surface area contributed by atoms with Gasteiger partial charge in [-0.05, 0) is 39.8 Å². The van der Waals surface area contributed by atoms with Gasteiger partial charge in [0.2, 0.25) is 0 Å². The molecule has 2 aromatic rings. The van der Waals surface area contributed by atoms with Crippen LogP contribution in [-0.2, 0) is 11.8 Å². The van der Waals surface area contributed by atoms with Crippen molar-refractivity contribution in [2.45, 2.75) is 39.3 Å². The van der Waals surface area contributed by atoms with E-state index < -0.39 is 5.60 Å². The van der Waals surface area contributed by atoms with Gasteiger partial charge in [0.1, 0.15) is 17.1 Å². The number of amides is 1. The Bertz CT molecular complexity index is 970. The molecule has 0 spiro atoms. The zero-order valence-corrected chi connectivity index (χ0v) is 18.6. The minimum absolute atomic E-state index is 0.109. The molecular formula is C20H27ClN6O3. The highest BCUT2D eigenvalue weighted by atomic mass is 35.5. The summed E-state index contributed by atoms with van der Waals surface area (Å²) in [6.07, 6.45) is 1.46. The largest absolute Gasteiger partial charge is 0.444 e. The van der Waals surface area contributed by atoms with E-state index in [4.69, 9.17) is 16.3 Å². The Morgan fingerprint density at radius 2 is 2.03 bits per heavy atom. The van der Waals surface area contributed by atoms with Crippen LogP contribution in [0.5, 0.6) is 0 Å². The van der Waals surface area contributed by atoms with E-state index in [0.29, 0.717) is 31.1 Å². The molecule has 0 radical (unpaired) electrons. The lowest BCUT2D eigenvalue weighted by atomic mass is 10.1. The average Bonchev–Trinajstić information content (AvgIpc) is 2.65.